The number of nitrogens with one attached hydrogen (secondary N) is 2. The molecule has 1 fully saturated rings. The number of nitrogens with zero attached hydrogens (tertiary/aromatic N) is 5. The molecule has 12 heteroatoms. The van der Waals surface area contributed by atoms with Crippen molar-refractivity contribution in [1.29, 1.82) is 0 Å². The molecule has 0 bridgehead atoms. The molecule has 2 heterocycles. The molecule has 3 aromatic rings. The number of benzene rings is 2. The molecule has 1 aliphatic rings. The Balaban J connectivity index is 1.64. The quantitative estimate of drug-likeness (QED) is 0.300. The first-order valence-corrected chi connectivity index (χ1v) is 16.3. The molecule has 10 nitrogen and oxygen atoms in total. The second-order valence-electron chi connectivity index (χ2n) is 11.2. The van der Waals surface area contributed by atoms with Gasteiger partial charge in [0.15, 0.2) is 0 Å². The second kappa shape index (κ2) is 13.4. The van der Waals surface area contributed by atoms with Crippen molar-refractivity contribution in [3.8, 4) is 5.75 Å². The van der Waals surface area contributed by atoms with Crippen LogP contribution in [0.1, 0.15) is 37.9 Å². The molecule has 0 aliphatic carbocycles. The van der Waals surface area contributed by atoms with E-state index in [1.54, 1.807) is 25.4 Å². The van der Waals surface area contributed by atoms with Crippen LogP contribution in [0.2, 0.25) is 5.02 Å². The molecule has 0 radical (unpaired) electrons. The predicted molar refractivity (Wildman–Crippen MR) is 173 cm³/mol. The molecule has 4 rings (SSSR count). The average molecular weight is 616 g/mol. The Bertz CT molecular complexity index is 1490. The van der Waals surface area contributed by atoms with E-state index in [2.05, 4.69) is 59.4 Å². The van der Waals surface area contributed by atoms with Crippen LogP contribution >= 0.6 is 11.6 Å². The van der Waals surface area contributed by atoms with Crippen molar-refractivity contribution in [2.24, 2.45) is 0 Å². The van der Waals surface area contributed by atoms with Gasteiger partial charge in [0.1, 0.15) is 5.75 Å². The zero-order valence-corrected chi connectivity index (χ0v) is 27.1. The molecule has 0 amide bonds. The summed E-state index contributed by atoms with van der Waals surface area (Å²) in [6.07, 6.45) is 5.25. The van der Waals surface area contributed by atoms with Crippen molar-refractivity contribution in [2.45, 2.75) is 45.2 Å². The fraction of sp³-hybridized carbons (Fsp3) is 0.467. The molecular formula is C30H42ClN7O3S. The van der Waals surface area contributed by atoms with Gasteiger partial charge in [-0.2, -0.15) is 0 Å². The van der Waals surface area contributed by atoms with Crippen LogP contribution in [0.3, 0.4) is 0 Å². The summed E-state index contributed by atoms with van der Waals surface area (Å²) < 4.78 is 31.5. The lowest BCUT2D eigenvalue weighted by Gasteiger charge is -2.37. The fourth-order valence-corrected chi connectivity index (χ4v) is 5.87. The van der Waals surface area contributed by atoms with E-state index in [4.69, 9.17) is 21.3 Å². The number of aromatic nitrogens is 2. The fourth-order valence-electron chi connectivity index (χ4n) is 5.18. The van der Waals surface area contributed by atoms with Crippen LogP contribution in [0, 0.1) is 0 Å². The summed E-state index contributed by atoms with van der Waals surface area (Å²) in [6.45, 7) is 6.16. The normalized spacial score (nSPS) is 14.4. The summed E-state index contributed by atoms with van der Waals surface area (Å²) in [5.74, 6) is 1.03. The van der Waals surface area contributed by atoms with Crippen molar-refractivity contribution < 1.29 is 13.2 Å². The van der Waals surface area contributed by atoms with Crippen molar-refractivity contribution in [2.75, 3.05) is 67.4 Å². The molecule has 0 unspecified atom stereocenters. The second-order valence-corrected chi connectivity index (χ2v) is 13.6. The van der Waals surface area contributed by atoms with Crippen LogP contribution < -0.4 is 24.6 Å². The van der Waals surface area contributed by atoms with E-state index in [1.807, 2.05) is 18.2 Å². The summed E-state index contributed by atoms with van der Waals surface area (Å²) in [6, 6.07) is 12.2. The van der Waals surface area contributed by atoms with Gasteiger partial charge in [0.2, 0.25) is 16.0 Å². The Kier molecular flexibility index (Phi) is 10.1. The number of anilines is 5. The van der Waals surface area contributed by atoms with Crippen molar-refractivity contribution in [3.63, 3.8) is 0 Å². The van der Waals surface area contributed by atoms with E-state index in [0.717, 1.165) is 48.6 Å². The SMILES string of the molecule is COc1cc(N2CCC(N(C)C)CC2)c(NC(C)C)cc1Nc1ncc(Cl)c(Cc2ccccc2N(C)S(C)(=O)=O)n1. The third-order valence-electron chi connectivity index (χ3n) is 7.55. The smallest absolute Gasteiger partial charge is 0.232 e. The number of halogens is 1. The largest absolute Gasteiger partial charge is 0.494 e. The van der Waals surface area contributed by atoms with Crippen LogP contribution in [0.15, 0.2) is 42.6 Å². The Hall–Kier alpha value is -3.28. The zero-order chi connectivity index (χ0) is 30.6. The standard InChI is InChI=1S/C30H42ClN7O3S/c1-20(2)33-25-17-26(29(41-6)18-28(25)38-14-12-22(13-15-38)36(3)4)35-30-32-19-23(31)24(34-30)16-21-10-8-9-11-27(21)37(5)42(7,39)40/h8-11,17-20,22,33H,12-16H2,1-7H3,(H,32,34,35). The van der Waals surface area contributed by atoms with E-state index >= 15 is 0 Å². The van der Waals surface area contributed by atoms with Gasteiger partial charge in [-0.05, 0) is 58.5 Å². The van der Waals surface area contributed by atoms with Crippen LogP contribution in [0.25, 0.3) is 0 Å². The Labute approximate surface area is 255 Å². The molecule has 2 N–H and O–H groups in total. The summed E-state index contributed by atoms with van der Waals surface area (Å²) in [5, 5.41) is 7.32. The van der Waals surface area contributed by atoms with Crippen molar-refractivity contribution >= 4 is 50.3 Å². The molecule has 2 aromatic carbocycles. The topological polar surface area (TPSA) is 103 Å². The highest BCUT2D eigenvalue weighted by Gasteiger charge is 2.24. The van der Waals surface area contributed by atoms with Crippen LogP contribution in [-0.4, -0.2) is 83.0 Å². The number of hydrogen-bond acceptors (Lipinski definition) is 9. The van der Waals surface area contributed by atoms with Gasteiger partial charge in [0, 0.05) is 44.7 Å². The van der Waals surface area contributed by atoms with E-state index in [0.29, 0.717) is 40.6 Å². The van der Waals surface area contributed by atoms with Gasteiger partial charge in [0.05, 0.1) is 53.0 Å². The molecular weight excluding hydrogens is 574 g/mol. The van der Waals surface area contributed by atoms with E-state index in [1.165, 1.54) is 17.6 Å². The summed E-state index contributed by atoms with van der Waals surface area (Å²) in [7, 11) is 4.04. The summed E-state index contributed by atoms with van der Waals surface area (Å²) in [4.78, 5) is 13.9. The van der Waals surface area contributed by atoms with Crippen LogP contribution in [-0.2, 0) is 16.4 Å². The molecule has 228 valence electrons. The zero-order valence-electron chi connectivity index (χ0n) is 25.5. The summed E-state index contributed by atoms with van der Waals surface area (Å²) >= 11 is 6.52. The molecule has 0 saturated carbocycles. The van der Waals surface area contributed by atoms with E-state index < -0.39 is 10.0 Å². The van der Waals surface area contributed by atoms with E-state index in [-0.39, 0.29) is 6.04 Å². The van der Waals surface area contributed by atoms with Crippen LogP contribution in [0.5, 0.6) is 5.75 Å². The summed E-state index contributed by atoms with van der Waals surface area (Å²) in [5.41, 5.74) is 4.75. The van der Waals surface area contributed by atoms with Crippen molar-refractivity contribution in [1.82, 2.24) is 14.9 Å². The maximum absolute atomic E-state index is 12.2. The Morgan fingerprint density at radius 2 is 1.81 bits per heavy atom. The minimum atomic E-state index is -3.44. The lowest BCUT2D eigenvalue weighted by Crippen LogP contribution is -2.42. The van der Waals surface area contributed by atoms with Gasteiger partial charge in [-0.3, -0.25) is 4.31 Å². The van der Waals surface area contributed by atoms with Crippen LogP contribution in [0.4, 0.5) is 28.7 Å². The van der Waals surface area contributed by atoms with Gasteiger partial charge in [0.25, 0.3) is 0 Å². The van der Waals surface area contributed by atoms with Gasteiger partial charge in [-0.1, -0.05) is 29.8 Å². The molecule has 1 aromatic heterocycles. The highest BCUT2D eigenvalue weighted by molar-refractivity contribution is 7.92. The highest BCUT2D eigenvalue weighted by atomic mass is 35.5. The maximum Gasteiger partial charge on any atom is 0.232 e. The van der Waals surface area contributed by atoms with Gasteiger partial charge < -0.3 is 25.2 Å². The number of rotatable bonds is 11. The minimum Gasteiger partial charge on any atom is -0.494 e. The number of hydrogen-bond donors (Lipinski definition) is 2. The van der Waals surface area contributed by atoms with Gasteiger partial charge >= 0.3 is 0 Å². The Morgan fingerprint density at radius 1 is 1.12 bits per heavy atom. The molecule has 0 atom stereocenters. The number of para-hydroxylation sites is 1. The maximum atomic E-state index is 12.2. The van der Waals surface area contributed by atoms with Gasteiger partial charge in [-0.15, -0.1) is 0 Å². The third kappa shape index (κ3) is 7.56. The van der Waals surface area contributed by atoms with E-state index in [9.17, 15) is 8.42 Å². The molecule has 42 heavy (non-hydrogen) atoms. The third-order valence-corrected chi connectivity index (χ3v) is 9.05. The first-order chi connectivity index (χ1) is 19.9. The minimum absolute atomic E-state index is 0.229. The first kappa shape index (κ1) is 31.7. The number of ether oxygens (including phenoxy) is 1. The van der Waals surface area contributed by atoms with Crippen molar-refractivity contribution in [3.05, 3.63) is 58.9 Å². The highest BCUT2D eigenvalue weighted by Crippen LogP contribution is 2.40. The lowest BCUT2D eigenvalue weighted by atomic mass is 10.0. The Morgan fingerprint density at radius 3 is 2.43 bits per heavy atom. The van der Waals surface area contributed by atoms with Gasteiger partial charge in [-0.25, -0.2) is 18.4 Å². The number of sulfonamides is 1. The molecule has 0 spiro atoms. The number of piperidine rings is 1. The first-order valence-electron chi connectivity index (χ1n) is 14.1. The average Bonchev–Trinajstić information content (AvgIpc) is 2.94. The monoisotopic (exact) mass is 615 g/mol. The molecule has 1 aliphatic heterocycles. The predicted octanol–water partition coefficient (Wildman–Crippen LogP) is 5.22. The lowest BCUT2D eigenvalue weighted by molar-refractivity contribution is 0.249. The molecule has 1 saturated heterocycles. The number of methoxy groups -OCH3 is 1.